The number of benzene rings is 2. The van der Waals surface area contributed by atoms with Crippen LogP contribution in [0.4, 0.5) is 8.78 Å². The van der Waals surface area contributed by atoms with Crippen LogP contribution in [0.3, 0.4) is 0 Å². The third kappa shape index (κ3) is 4.55. The van der Waals surface area contributed by atoms with Gasteiger partial charge in [-0.15, -0.1) is 0 Å². The average Bonchev–Trinajstić information content (AvgIpc) is 3.51. The maximum Gasteiger partial charge on any atom is 0.293 e. The van der Waals surface area contributed by atoms with E-state index in [-0.39, 0.29) is 29.3 Å². The van der Waals surface area contributed by atoms with E-state index in [0.29, 0.717) is 35.9 Å². The Labute approximate surface area is 188 Å². The van der Waals surface area contributed by atoms with E-state index in [4.69, 9.17) is 8.94 Å². The first-order valence-corrected chi connectivity index (χ1v) is 10.8. The van der Waals surface area contributed by atoms with E-state index in [1.165, 1.54) is 24.3 Å². The Morgan fingerprint density at radius 2 is 1.76 bits per heavy atom. The molecular formula is C25H21F2N3O3. The molecular weight excluding hydrogens is 428 g/mol. The first kappa shape index (κ1) is 21.1. The lowest BCUT2D eigenvalue weighted by molar-refractivity contribution is 0.0528. The minimum atomic E-state index is -0.348. The van der Waals surface area contributed by atoms with Gasteiger partial charge in [-0.05, 0) is 61.2 Å². The second-order valence-corrected chi connectivity index (χ2v) is 8.06. The Balaban J connectivity index is 1.34. The van der Waals surface area contributed by atoms with Crippen molar-refractivity contribution < 1.29 is 22.5 Å². The van der Waals surface area contributed by atoms with E-state index in [0.717, 1.165) is 24.8 Å². The van der Waals surface area contributed by atoms with Crippen LogP contribution < -0.4 is 0 Å². The van der Waals surface area contributed by atoms with Crippen LogP contribution in [0.15, 0.2) is 69.7 Å². The summed E-state index contributed by atoms with van der Waals surface area (Å²) in [6.45, 7) is 0.547. The van der Waals surface area contributed by atoms with Crippen molar-refractivity contribution in [1.82, 2.24) is 15.0 Å². The van der Waals surface area contributed by atoms with E-state index < -0.39 is 0 Å². The van der Waals surface area contributed by atoms with E-state index in [1.54, 1.807) is 41.4 Å². The van der Waals surface area contributed by atoms with Crippen LogP contribution >= 0.6 is 0 Å². The van der Waals surface area contributed by atoms with Crippen molar-refractivity contribution >= 4 is 5.91 Å². The van der Waals surface area contributed by atoms with Crippen molar-refractivity contribution in [2.24, 2.45) is 0 Å². The second kappa shape index (κ2) is 8.97. The Morgan fingerprint density at radius 3 is 2.52 bits per heavy atom. The summed E-state index contributed by atoms with van der Waals surface area (Å²) in [4.78, 5) is 19.4. The Kier molecular flexibility index (Phi) is 5.73. The molecule has 5 rings (SSSR count). The summed E-state index contributed by atoms with van der Waals surface area (Å²) in [5, 5.41) is 3.98. The number of oxazole rings is 1. The third-order valence-corrected chi connectivity index (χ3v) is 5.77. The number of hydrogen-bond acceptors (Lipinski definition) is 5. The first-order valence-electron chi connectivity index (χ1n) is 10.8. The highest BCUT2D eigenvalue weighted by Gasteiger charge is 2.33. The van der Waals surface area contributed by atoms with E-state index in [9.17, 15) is 13.6 Å². The summed E-state index contributed by atoms with van der Waals surface area (Å²) in [5.74, 6) is 0.298. The van der Waals surface area contributed by atoms with Crippen molar-refractivity contribution in [3.63, 3.8) is 0 Å². The highest BCUT2D eigenvalue weighted by molar-refractivity contribution is 5.92. The molecule has 168 valence electrons. The maximum atomic E-state index is 13.2. The van der Waals surface area contributed by atoms with Gasteiger partial charge in [0.25, 0.3) is 5.91 Å². The van der Waals surface area contributed by atoms with Gasteiger partial charge < -0.3 is 13.8 Å². The van der Waals surface area contributed by atoms with Crippen LogP contribution in [0.2, 0.25) is 0 Å². The maximum absolute atomic E-state index is 13.2. The molecule has 0 radical (unpaired) electrons. The zero-order valence-electron chi connectivity index (χ0n) is 17.7. The fourth-order valence-electron chi connectivity index (χ4n) is 4.07. The predicted molar refractivity (Wildman–Crippen MR) is 115 cm³/mol. The van der Waals surface area contributed by atoms with Crippen molar-refractivity contribution in [3.05, 3.63) is 95.4 Å². The molecule has 33 heavy (non-hydrogen) atoms. The van der Waals surface area contributed by atoms with Crippen molar-refractivity contribution in [1.29, 1.82) is 0 Å². The molecule has 0 aliphatic carbocycles. The predicted octanol–water partition coefficient (Wildman–Crippen LogP) is 5.57. The molecule has 0 unspecified atom stereocenters. The number of halogens is 2. The zero-order chi connectivity index (χ0) is 22.8. The lowest BCUT2D eigenvalue weighted by Crippen LogP contribution is -2.38. The zero-order valence-corrected chi connectivity index (χ0v) is 17.7. The minimum absolute atomic E-state index is 0.110. The molecule has 3 heterocycles. The smallest absolute Gasteiger partial charge is 0.293 e. The number of likely N-dealkylation sites (tertiary alicyclic amines) is 1. The molecule has 2 aromatic carbocycles. The molecule has 6 nitrogen and oxygen atoms in total. The third-order valence-electron chi connectivity index (χ3n) is 5.77. The largest absolute Gasteiger partial charge is 0.443 e. The summed E-state index contributed by atoms with van der Waals surface area (Å²) < 4.78 is 37.6. The molecule has 0 bridgehead atoms. The summed E-state index contributed by atoms with van der Waals surface area (Å²) in [6, 6.07) is 13.3. The molecule has 8 heteroatoms. The fraction of sp³-hybridized carbons (Fsp3) is 0.240. The summed E-state index contributed by atoms with van der Waals surface area (Å²) in [7, 11) is 0. The standard InChI is InChI=1S/C25H21F2N3O3/c26-18-8-4-16(5-9-18)13-20-15-28-24(32-20)22-3-1-2-12-30(22)25(31)23-14-21(29-33-23)17-6-10-19(27)11-7-17/h4-11,14-15,22H,1-3,12-13H2/t22-/m0/s1. The van der Waals surface area contributed by atoms with Crippen LogP contribution in [0, 0.1) is 11.6 Å². The molecule has 1 amide bonds. The van der Waals surface area contributed by atoms with Gasteiger partial charge >= 0.3 is 0 Å². The van der Waals surface area contributed by atoms with Crippen molar-refractivity contribution in [2.45, 2.75) is 31.7 Å². The van der Waals surface area contributed by atoms with Crippen LogP contribution in [0.5, 0.6) is 0 Å². The molecule has 4 aromatic rings. The van der Waals surface area contributed by atoms with Crippen LogP contribution in [0.25, 0.3) is 11.3 Å². The number of rotatable bonds is 5. The second-order valence-electron chi connectivity index (χ2n) is 8.06. The number of aromatic nitrogens is 2. The van der Waals surface area contributed by atoms with Gasteiger partial charge in [0.15, 0.2) is 0 Å². The lowest BCUT2D eigenvalue weighted by Gasteiger charge is -2.32. The topological polar surface area (TPSA) is 72.4 Å². The quantitative estimate of drug-likeness (QED) is 0.399. The monoisotopic (exact) mass is 449 g/mol. The van der Waals surface area contributed by atoms with Gasteiger partial charge in [0, 0.05) is 24.6 Å². The van der Waals surface area contributed by atoms with Gasteiger partial charge in [-0.2, -0.15) is 0 Å². The molecule has 0 N–H and O–H groups in total. The molecule has 0 spiro atoms. The summed E-state index contributed by atoms with van der Waals surface area (Å²) >= 11 is 0. The molecule has 2 aromatic heterocycles. The summed E-state index contributed by atoms with van der Waals surface area (Å²) in [6.07, 6.45) is 4.67. The highest BCUT2D eigenvalue weighted by atomic mass is 19.1. The number of carbonyl (C=O) groups is 1. The summed E-state index contributed by atoms with van der Waals surface area (Å²) in [5.41, 5.74) is 2.03. The van der Waals surface area contributed by atoms with Crippen LogP contribution in [0.1, 0.15) is 53.1 Å². The number of carbonyl (C=O) groups excluding carboxylic acids is 1. The number of hydrogen-bond donors (Lipinski definition) is 0. The minimum Gasteiger partial charge on any atom is -0.443 e. The van der Waals surface area contributed by atoms with Gasteiger partial charge in [0.05, 0.1) is 6.20 Å². The van der Waals surface area contributed by atoms with Crippen molar-refractivity contribution in [3.8, 4) is 11.3 Å². The SMILES string of the molecule is O=C(c1cc(-c2ccc(F)cc2)no1)N1CCCC[C@H]1c1ncc(Cc2ccc(F)cc2)o1. The normalized spacial score (nSPS) is 16.2. The molecule has 1 saturated heterocycles. The van der Waals surface area contributed by atoms with E-state index in [2.05, 4.69) is 10.1 Å². The number of amides is 1. The van der Waals surface area contributed by atoms with Crippen molar-refractivity contribution in [2.75, 3.05) is 6.54 Å². The van der Waals surface area contributed by atoms with Gasteiger partial charge in [-0.25, -0.2) is 13.8 Å². The molecule has 0 saturated carbocycles. The molecule has 1 aliphatic heterocycles. The van der Waals surface area contributed by atoms with E-state index in [1.807, 2.05) is 0 Å². The molecule has 1 aliphatic rings. The fourth-order valence-corrected chi connectivity index (χ4v) is 4.07. The number of piperidine rings is 1. The van der Waals surface area contributed by atoms with Crippen LogP contribution in [-0.4, -0.2) is 27.5 Å². The van der Waals surface area contributed by atoms with Gasteiger partial charge in [0.1, 0.15) is 29.1 Å². The van der Waals surface area contributed by atoms with E-state index >= 15 is 0 Å². The first-order chi connectivity index (χ1) is 16.1. The Bertz CT molecular complexity index is 1250. The molecule has 1 fully saturated rings. The Hall–Kier alpha value is -3.81. The van der Waals surface area contributed by atoms with Crippen LogP contribution in [-0.2, 0) is 6.42 Å². The van der Waals surface area contributed by atoms with Gasteiger partial charge in [-0.1, -0.05) is 17.3 Å². The average molecular weight is 449 g/mol. The lowest BCUT2D eigenvalue weighted by atomic mass is 10.0. The highest BCUT2D eigenvalue weighted by Crippen LogP contribution is 2.33. The Morgan fingerprint density at radius 1 is 1.03 bits per heavy atom. The number of nitrogens with zero attached hydrogens (tertiary/aromatic N) is 3. The van der Waals surface area contributed by atoms with Gasteiger partial charge in [-0.3, -0.25) is 4.79 Å². The molecule has 1 atom stereocenters. The van der Waals surface area contributed by atoms with Gasteiger partial charge in [0.2, 0.25) is 11.7 Å².